The maximum atomic E-state index is 4.57. The molecule has 3 heteroatoms. The van der Waals surface area contributed by atoms with Crippen molar-refractivity contribution in [3.05, 3.63) is 53.3 Å². The van der Waals surface area contributed by atoms with Crippen molar-refractivity contribution in [1.82, 2.24) is 15.1 Å². The smallest absolute Gasteiger partial charge is 0.0662 e. The molecule has 1 unspecified atom stereocenters. The van der Waals surface area contributed by atoms with E-state index in [2.05, 4.69) is 45.4 Å². The quantitative estimate of drug-likeness (QED) is 0.895. The maximum absolute atomic E-state index is 4.57. The first-order valence-electron chi connectivity index (χ1n) is 6.64. The van der Waals surface area contributed by atoms with Gasteiger partial charge in [0.1, 0.15) is 0 Å². The largest absolute Gasteiger partial charge is 0.313 e. The first-order chi connectivity index (χ1) is 8.88. The summed E-state index contributed by atoms with van der Waals surface area (Å²) in [5, 5.41) is 7.95. The van der Waals surface area contributed by atoms with Crippen molar-refractivity contribution < 1.29 is 0 Å². The molecular weight excluding hydrogens is 222 g/mol. The van der Waals surface area contributed by atoms with E-state index in [1.165, 1.54) is 29.7 Å². The molecule has 1 aromatic heterocycles. The minimum Gasteiger partial charge on any atom is -0.313 e. The first-order valence-corrected chi connectivity index (χ1v) is 6.64. The third-order valence-electron chi connectivity index (χ3n) is 3.79. The van der Waals surface area contributed by atoms with Crippen molar-refractivity contribution in [2.75, 3.05) is 7.05 Å². The summed E-state index contributed by atoms with van der Waals surface area (Å²) in [6.07, 6.45) is 5.67. The van der Waals surface area contributed by atoms with Gasteiger partial charge in [-0.15, -0.1) is 0 Å². The summed E-state index contributed by atoms with van der Waals surface area (Å²) in [7, 11) is 2.04. The van der Waals surface area contributed by atoms with Gasteiger partial charge in [-0.25, -0.2) is 0 Å². The van der Waals surface area contributed by atoms with Crippen LogP contribution in [-0.2, 0) is 13.0 Å². The number of aromatic nitrogens is 2. The Morgan fingerprint density at radius 3 is 2.94 bits per heavy atom. The summed E-state index contributed by atoms with van der Waals surface area (Å²) < 4.78 is 2.16. The van der Waals surface area contributed by atoms with Crippen molar-refractivity contribution >= 4 is 0 Å². The Balaban J connectivity index is 1.88. The van der Waals surface area contributed by atoms with E-state index < -0.39 is 0 Å². The van der Waals surface area contributed by atoms with E-state index in [0.717, 1.165) is 13.0 Å². The van der Waals surface area contributed by atoms with Crippen LogP contribution < -0.4 is 5.32 Å². The summed E-state index contributed by atoms with van der Waals surface area (Å²) in [5.74, 6) is 0. The van der Waals surface area contributed by atoms with Gasteiger partial charge in [0.15, 0.2) is 0 Å². The molecule has 0 fully saturated rings. The molecule has 94 valence electrons. The molecule has 1 aromatic carbocycles. The Morgan fingerprint density at radius 2 is 2.17 bits per heavy atom. The van der Waals surface area contributed by atoms with Crippen LogP contribution in [0.1, 0.15) is 35.7 Å². The van der Waals surface area contributed by atoms with Gasteiger partial charge in [-0.2, -0.15) is 5.10 Å². The predicted octanol–water partition coefficient (Wildman–Crippen LogP) is 2.53. The zero-order chi connectivity index (χ0) is 12.4. The van der Waals surface area contributed by atoms with E-state index >= 15 is 0 Å². The number of benzene rings is 1. The zero-order valence-electron chi connectivity index (χ0n) is 10.8. The summed E-state index contributed by atoms with van der Waals surface area (Å²) in [5.41, 5.74) is 4.11. The molecule has 0 spiro atoms. The Hall–Kier alpha value is -1.61. The number of nitrogens with one attached hydrogen (secondary N) is 1. The van der Waals surface area contributed by atoms with Gasteiger partial charge in [-0.05, 0) is 31.9 Å². The predicted molar refractivity (Wildman–Crippen MR) is 72.5 cm³/mol. The highest BCUT2D eigenvalue weighted by molar-refractivity contribution is 5.26. The molecule has 1 heterocycles. The first kappa shape index (κ1) is 11.5. The third-order valence-corrected chi connectivity index (χ3v) is 3.79. The molecule has 1 aliphatic carbocycles. The van der Waals surface area contributed by atoms with Crippen LogP contribution in [0.2, 0.25) is 0 Å². The van der Waals surface area contributed by atoms with E-state index in [1.54, 1.807) is 0 Å². The maximum Gasteiger partial charge on any atom is 0.0662 e. The molecule has 0 aliphatic heterocycles. The minimum absolute atomic E-state index is 0.485. The lowest BCUT2D eigenvalue weighted by Gasteiger charge is -2.22. The average Bonchev–Trinajstić information content (AvgIpc) is 2.83. The summed E-state index contributed by atoms with van der Waals surface area (Å²) in [4.78, 5) is 0. The van der Waals surface area contributed by atoms with Crippen LogP contribution in [-0.4, -0.2) is 16.8 Å². The molecule has 2 aromatic rings. The second-order valence-electron chi connectivity index (χ2n) is 4.92. The fourth-order valence-corrected chi connectivity index (χ4v) is 2.81. The van der Waals surface area contributed by atoms with Gasteiger partial charge >= 0.3 is 0 Å². The third kappa shape index (κ3) is 2.06. The highest BCUT2D eigenvalue weighted by Gasteiger charge is 2.22. The van der Waals surface area contributed by atoms with Crippen molar-refractivity contribution in [1.29, 1.82) is 0 Å². The Kier molecular flexibility index (Phi) is 3.15. The molecule has 0 saturated heterocycles. The van der Waals surface area contributed by atoms with Gasteiger partial charge in [0.05, 0.1) is 12.7 Å². The minimum atomic E-state index is 0.485. The summed E-state index contributed by atoms with van der Waals surface area (Å²) in [6.45, 7) is 0.882. The molecule has 0 amide bonds. The van der Waals surface area contributed by atoms with E-state index in [-0.39, 0.29) is 0 Å². The summed E-state index contributed by atoms with van der Waals surface area (Å²) >= 11 is 0. The molecule has 0 saturated carbocycles. The highest BCUT2D eigenvalue weighted by atomic mass is 15.3. The van der Waals surface area contributed by atoms with E-state index in [0.29, 0.717) is 6.04 Å². The number of rotatable bonds is 3. The molecule has 1 N–H and O–H groups in total. The normalized spacial score (nSPS) is 18.6. The lowest BCUT2D eigenvalue weighted by Crippen LogP contribution is -2.22. The zero-order valence-corrected chi connectivity index (χ0v) is 10.8. The SMILES string of the molecule is CNC1CCCc2c1cnn2Cc1ccccc1. The van der Waals surface area contributed by atoms with Crippen LogP contribution in [0.4, 0.5) is 0 Å². The second kappa shape index (κ2) is 4.94. The number of nitrogens with zero attached hydrogens (tertiary/aromatic N) is 2. The number of fused-ring (bicyclic) bond motifs is 1. The molecule has 18 heavy (non-hydrogen) atoms. The monoisotopic (exact) mass is 241 g/mol. The van der Waals surface area contributed by atoms with Crippen molar-refractivity contribution in [3.8, 4) is 0 Å². The van der Waals surface area contributed by atoms with Crippen molar-refractivity contribution in [2.24, 2.45) is 0 Å². The molecule has 3 nitrogen and oxygen atoms in total. The van der Waals surface area contributed by atoms with E-state index in [4.69, 9.17) is 0 Å². The molecule has 3 rings (SSSR count). The van der Waals surface area contributed by atoms with E-state index in [1.807, 2.05) is 13.2 Å². The van der Waals surface area contributed by atoms with Crippen LogP contribution in [0.25, 0.3) is 0 Å². The fourth-order valence-electron chi connectivity index (χ4n) is 2.81. The van der Waals surface area contributed by atoms with Gasteiger partial charge in [-0.3, -0.25) is 4.68 Å². The van der Waals surface area contributed by atoms with Crippen LogP contribution in [0.15, 0.2) is 36.5 Å². The average molecular weight is 241 g/mol. The van der Waals surface area contributed by atoms with Crippen molar-refractivity contribution in [3.63, 3.8) is 0 Å². The number of hydrogen-bond acceptors (Lipinski definition) is 2. The van der Waals surface area contributed by atoms with Gasteiger partial charge in [0.25, 0.3) is 0 Å². The topological polar surface area (TPSA) is 29.9 Å². The molecule has 0 radical (unpaired) electrons. The molecule has 1 aliphatic rings. The standard InChI is InChI=1S/C15H19N3/c1-16-14-8-5-9-15-13(14)10-17-18(15)11-12-6-3-2-4-7-12/h2-4,6-7,10,14,16H,5,8-9,11H2,1H3. The van der Waals surface area contributed by atoms with Crippen LogP contribution >= 0.6 is 0 Å². The Bertz CT molecular complexity index is 516. The molecule has 1 atom stereocenters. The van der Waals surface area contributed by atoms with Gasteiger partial charge in [-0.1, -0.05) is 30.3 Å². The molecule has 0 bridgehead atoms. The van der Waals surface area contributed by atoms with Gasteiger partial charge in [0.2, 0.25) is 0 Å². The van der Waals surface area contributed by atoms with Crippen LogP contribution in [0, 0.1) is 0 Å². The Labute approximate surface area is 108 Å². The lowest BCUT2D eigenvalue weighted by atomic mass is 9.93. The van der Waals surface area contributed by atoms with Gasteiger partial charge < -0.3 is 5.32 Å². The molecular formula is C15H19N3. The lowest BCUT2D eigenvalue weighted by molar-refractivity contribution is 0.481. The second-order valence-corrected chi connectivity index (χ2v) is 4.92. The highest BCUT2D eigenvalue weighted by Crippen LogP contribution is 2.29. The fraction of sp³-hybridized carbons (Fsp3) is 0.400. The Morgan fingerprint density at radius 1 is 1.33 bits per heavy atom. The van der Waals surface area contributed by atoms with Crippen molar-refractivity contribution in [2.45, 2.75) is 31.8 Å². The van der Waals surface area contributed by atoms with Crippen LogP contribution in [0.5, 0.6) is 0 Å². The van der Waals surface area contributed by atoms with Gasteiger partial charge in [0, 0.05) is 17.3 Å². The number of hydrogen-bond donors (Lipinski definition) is 1. The summed E-state index contributed by atoms with van der Waals surface area (Å²) in [6, 6.07) is 11.0. The van der Waals surface area contributed by atoms with Crippen LogP contribution in [0.3, 0.4) is 0 Å². The van der Waals surface area contributed by atoms with E-state index in [9.17, 15) is 0 Å².